The van der Waals surface area contributed by atoms with E-state index in [0.29, 0.717) is 12.3 Å². The predicted molar refractivity (Wildman–Crippen MR) is 58.8 cm³/mol. The smallest absolute Gasteiger partial charge is 0.305 e. The molecular weight excluding hydrogens is 190 g/mol. The van der Waals surface area contributed by atoms with E-state index in [1.165, 1.54) is 25.7 Å². The molecule has 3 heteroatoms. The Morgan fingerprint density at radius 1 is 1.40 bits per heavy atom. The first-order valence-corrected chi connectivity index (χ1v) is 6.12. The van der Waals surface area contributed by atoms with Gasteiger partial charge in [0.05, 0.1) is 6.42 Å². The second-order valence-corrected chi connectivity index (χ2v) is 5.16. The number of rotatable bonds is 3. The maximum absolute atomic E-state index is 11.0. The molecule has 1 heterocycles. The summed E-state index contributed by atoms with van der Waals surface area (Å²) < 4.78 is 0. The van der Waals surface area contributed by atoms with Crippen LogP contribution in [0.1, 0.15) is 45.4 Å². The van der Waals surface area contributed by atoms with Gasteiger partial charge in [0.15, 0.2) is 0 Å². The van der Waals surface area contributed by atoms with Crippen LogP contribution in [0.3, 0.4) is 0 Å². The maximum Gasteiger partial charge on any atom is 0.305 e. The number of aliphatic carboxylic acids is 1. The van der Waals surface area contributed by atoms with Gasteiger partial charge in [0.1, 0.15) is 0 Å². The van der Waals surface area contributed by atoms with Crippen molar-refractivity contribution in [2.75, 3.05) is 13.1 Å². The summed E-state index contributed by atoms with van der Waals surface area (Å²) in [6, 6.07) is 0. The van der Waals surface area contributed by atoms with Gasteiger partial charge in [-0.3, -0.25) is 9.69 Å². The fraction of sp³-hybridized carbons (Fsp3) is 0.917. The number of likely N-dealkylation sites (tertiary alicyclic amines) is 1. The van der Waals surface area contributed by atoms with Crippen molar-refractivity contribution in [3.8, 4) is 0 Å². The molecule has 2 fully saturated rings. The van der Waals surface area contributed by atoms with Crippen LogP contribution in [-0.2, 0) is 4.79 Å². The molecule has 86 valence electrons. The average Bonchev–Trinajstić information content (AvgIpc) is 2.76. The Morgan fingerprint density at radius 3 is 2.53 bits per heavy atom. The quantitative estimate of drug-likeness (QED) is 0.777. The molecule has 15 heavy (non-hydrogen) atoms. The lowest BCUT2D eigenvalue weighted by Gasteiger charge is -2.41. The SMILES string of the molecule is CC1CCCC1(CC(=O)O)N1CCCC1. The lowest BCUT2D eigenvalue weighted by molar-refractivity contribution is -0.141. The molecule has 0 spiro atoms. The summed E-state index contributed by atoms with van der Waals surface area (Å²) in [5.74, 6) is -0.0812. The van der Waals surface area contributed by atoms with Gasteiger partial charge in [0, 0.05) is 5.54 Å². The summed E-state index contributed by atoms with van der Waals surface area (Å²) in [4.78, 5) is 13.5. The van der Waals surface area contributed by atoms with Crippen LogP contribution in [-0.4, -0.2) is 34.6 Å². The number of carbonyl (C=O) groups is 1. The molecule has 0 bridgehead atoms. The third-order valence-corrected chi connectivity index (χ3v) is 4.36. The highest BCUT2D eigenvalue weighted by Crippen LogP contribution is 2.44. The third kappa shape index (κ3) is 1.89. The van der Waals surface area contributed by atoms with Crippen molar-refractivity contribution in [2.24, 2.45) is 5.92 Å². The summed E-state index contributed by atoms with van der Waals surface area (Å²) in [6.07, 6.45) is 6.31. The van der Waals surface area contributed by atoms with Crippen molar-refractivity contribution in [1.29, 1.82) is 0 Å². The Bertz CT molecular complexity index is 248. The van der Waals surface area contributed by atoms with Crippen LogP contribution < -0.4 is 0 Å². The first-order chi connectivity index (χ1) is 7.15. The van der Waals surface area contributed by atoms with E-state index in [1.807, 2.05) is 0 Å². The molecule has 1 N–H and O–H groups in total. The van der Waals surface area contributed by atoms with Crippen molar-refractivity contribution in [2.45, 2.75) is 51.0 Å². The van der Waals surface area contributed by atoms with E-state index in [1.54, 1.807) is 0 Å². The van der Waals surface area contributed by atoms with Crippen LogP contribution in [0.2, 0.25) is 0 Å². The van der Waals surface area contributed by atoms with Crippen LogP contribution in [0.25, 0.3) is 0 Å². The second-order valence-electron chi connectivity index (χ2n) is 5.16. The van der Waals surface area contributed by atoms with Gasteiger partial charge in [-0.25, -0.2) is 0 Å². The van der Waals surface area contributed by atoms with Crippen LogP contribution in [0.5, 0.6) is 0 Å². The molecule has 2 unspecified atom stereocenters. The van der Waals surface area contributed by atoms with Crippen molar-refractivity contribution >= 4 is 5.97 Å². The zero-order valence-corrected chi connectivity index (χ0v) is 9.54. The van der Waals surface area contributed by atoms with Crippen molar-refractivity contribution in [3.63, 3.8) is 0 Å². The second kappa shape index (κ2) is 4.12. The highest BCUT2D eigenvalue weighted by Gasteiger charge is 2.46. The fourth-order valence-electron chi connectivity index (χ4n) is 3.50. The molecule has 1 aliphatic carbocycles. The van der Waals surface area contributed by atoms with E-state index in [-0.39, 0.29) is 5.54 Å². The van der Waals surface area contributed by atoms with Gasteiger partial charge < -0.3 is 5.11 Å². The average molecular weight is 211 g/mol. The van der Waals surface area contributed by atoms with Crippen LogP contribution in [0.4, 0.5) is 0 Å². The summed E-state index contributed by atoms with van der Waals surface area (Å²) in [5, 5.41) is 9.09. The van der Waals surface area contributed by atoms with E-state index in [2.05, 4.69) is 11.8 Å². The van der Waals surface area contributed by atoms with E-state index < -0.39 is 5.97 Å². The predicted octanol–water partition coefficient (Wildman–Crippen LogP) is 2.12. The molecule has 0 aromatic heterocycles. The van der Waals surface area contributed by atoms with E-state index in [0.717, 1.165) is 19.5 Å². The zero-order valence-electron chi connectivity index (χ0n) is 9.54. The Hall–Kier alpha value is -0.570. The maximum atomic E-state index is 11.0. The van der Waals surface area contributed by atoms with Crippen molar-refractivity contribution < 1.29 is 9.90 Å². The number of carboxylic acid groups (broad SMARTS) is 1. The van der Waals surface area contributed by atoms with Crippen molar-refractivity contribution in [1.82, 2.24) is 4.90 Å². The van der Waals surface area contributed by atoms with Crippen LogP contribution >= 0.6 is 0 Å². The number of hydrogen-bond donors (Lipinski definition) is 1. The summed E-state index contributed by atoms with van der Waals surface area (Å²) >= 11 is 0. The van der Waals surface area contributed by atoms with E-state index >= 15 is 0 Å². The van der Waals surface area contributed by atoms with E-state index in [4.69, 9.17) is 5.11 Å². The molecule has 0 amide bonds. The standard InChI is InChI=1S/C12H21NO2/c1-10-5-4-6-12(10,9-11(14)15)13-7-2-3-8-13/h10H,2-9H2,1H3,(H,14,15). The summed E-state index contributed by atoms with van der Waals surface area (Å²) in [7, 11) is 0. The molecule has 1 aliphatic heterocycles. The molecule has 1 saturated carbocycles. The number of nitrogens with zero attached hydrogens (tertiary/aromatic N) is 1. The third-order valence-electron chi connectivity index (χ3n) is 4.36. The normalized spacial score (nSPS) is 37.3. The summed E-state index contributed by atoms with van der Waals surface area (Å²) in [5.41, 5.74) is -0.0116. The lowest BCUT2D eigenvalue weighted by Crippen LogP contribution is -2.50. The van der Waals surface area contributed by atoms with Gasteiger partial charge in [-0.05, 0) is 44.7 Å². The number of hydrogen-bond acceptors (Lipinski definition) is 2. The minimum Gasteiger partial charge on any atom is -0.481 e. The highest BCUT2D eigenvalue weighted by molar-refractivity contribution is 5.68. The minimum absolute atomic E-state index is 0.0116. The van der Waals surface area contributed by atoms with Gasteiger partial charge in [-0.1, -0.05) is 13.3 Å². The largest absolute Gasteiger partial charge is 0.481 e. The molecule has 3 nitrogen and oxygen atoms in total. The molecule has 0 aromatic carbocycles. The first-order valence-electron chi connectivity index (χ1n) is 6.12. The van der Waals surface area contributed by atoms with E-state index in [9.17, 15) is 4.79 Å². The Balaban J connectivity index is 2.17. The van der Waals surface area contributed by atoms with Gasteiger partial charge >= 0.3 is 5.97 Å². The van der Waals surface area contributed by atoms with Gasteiger partial charge in [0.25, 0.3) is 0 Å². The molecule has 1 saturated heterocycles. The molecular formula is C12H21NO2. The topological polar surface area (TPSA) is 40.5 Å². The lowest BCUT2D eigenvalue weighted by atomic mass is 9.83. The highest BCUT2D eigenvalue weighted by atomic mass is 16.4. The van der Waals surface area contributed by atoms with Crippen molar-refractivity contribution in [3.05, 3.63) is 0 Å². The molecule has 2 atom stereocenters. The van der Waals surface area contributed by atoms with Gasteiger partial charge in [-0.2, -0.15) is 0 Å². The molecule has 2 aliphatic rings. The fourth-order valence-corrected chi connectivity index (χ4v) is 3.50. The molecule has 0 aromatic rings. The molecule has 2 rings (SSSR count). The minimum atomic E-state index is -0.629. The van der Waals surface area contributed by atoms with Crippen LogP contribution in [0, 0.1) is 5.92 Å². The van der Waals surface area contributed by atoms with Gasteiger partial charge in [-0.15, -0.1) is 0 Å². The zero-order chi connectivity index (χ0) is 10.9. The monoisotopic (exact) mass is 211 g/mol. The van der Waals surface area contributed by atoms with Crippen LogP contribution in [0.15, 0.2) is 0 Å². The van der Waals surface area contributed by atoms with Gasteiger partial charge in [0.2, 0.25) is 0 Å². The summed E-state index contributed by atoms with van der Waals surface area (Å²) in [6.45, 7) is 4.45. The Labute approximate surface area is 91.5 Å². The Morgan fingerprint density at radius 2 is 2.07 bits per heavy atom. The molecule has 0 radical (unpaired) electrons. The Kier molecular flexibility index (Phi) is 3.01. The first kappa shape index (κ1) is 10.9. The number of carboxylic acids is 1.